The first-order valence-electron chi connectivity index (χ1n) is 11.6. The Kier molecular flexibility index (Phi) is 9.25. The van der Waals surface area contributed by atoms with Crippen molar-refractivity contribution >= 4 is 40.4 Å². The molecule has 2 heterocycles. The van der Waals surface area contributed by atoms with Crippen molar-refractivity contribution < 1.29 is 19.2 Å². The van der Waals surface area contributed by atoms with Gasteiger partial charge in [0.15, 0.2) is 0 Å². The highest BCUT2D eigenvalue weighted by atomic mass is 32.1. The zero-order valence-electron chi connectivity index (χ0n) is 20.5. The third-order valence-electron chi connectivity index (χ3n) is 5.62. The number of hydrogen-bond acceptors (Lipinski definition) is 8. The average molecular weight is 537 g/mol. The summed E-state index contributed by atoms with van der Waals surface area (Å²) in [4.78, 5) is 36.4. The molecule has 37 heavy (non-hydrogen) atoms. The number of methoxy groups -OCH3 is 1. The Bertz CT molecular complexity index is 1280. The number of rotatable bonds is 11. The number of carbonyl (C=O) groups excluding carboxylic acids is 2. The average Bonchev–Trinajstić information content (AvgIpc) is 3.62. The number of aromatic nitrogens is 1. The monoisotopic (exact) mass is 536 g/mol. The molecule has 2 amide bonds. The molecule has 0 spiro atoms. The maximum absolute atomic E-state index is 13.5. The normalized spacial score (nSPS) is 12.4. The van der Waals surface area contributed by atoms with E-state index in [1.807, 2.05) is 77.5 Å². The first kappa shape index (κ1) is 26.3. The number of nitrogens with zero attached hydrogens (tertiary/aromatic N) is 1. The van der Waals surface area contributed by atoms with Gasteiger partial charge < -0.3 is 15.4 Å². The molecule has 0 saturated heterocycles. The largest absolute Gasteiger partial charge is 0.453 e. The van der Waals surface area contributed by atoms with E-state index >= 15 is 0 Å². The van der Waals surface area contributed by atoms with Gasteiger partial charge in [0.05, 0.1) is 36.5 Å². The number of anilines is 1. The fourth-order valence-electron chi connectivity index (χ4n) is 3.78. The lowest BCUT2D eigenvalue weighted by Crippen LogP contribution is -2.49. The minimum atomic E-state index is -0.818. The molecule has 192 valence electrons. The summed E-state index contributed by atoms with van der Waals surface area (Å²) >= 11 is 3.16. The van der Waals surface area contributed by atoms with Gasteiger partial charge in [0.1, 0.15) is 11.0 Å². The van der Waals surface area contributed by atoms with E-state index in [0.29, 0.717) is 12.8 Å². The molecule has 0 saturated carbocycles. The molecule has 0 aliphatic heterocycles. The second kappa shape index (κ2) is 13.0. The molecule has 8 nitrogen and oxygen atoms in total. The van der Waals surface area contributed by atoms with Crippen LogP contribution in [0, 0.1) is 0 Å². The minimum Gasteiger partial charge on any atom is -0.453 e. The van der Waals surface area contributed by atoms with E-state index in [4.69, 9.17) is 14.6 Å². The Morgan fingerprint density at radius 3 is 2.32 bits per heavy atom. The fourth-order valence-corrected chi connectivity index (χ4v) is 5.47. The molecule has 2 aromatic heterocycles. The molecule has 10 heteroatoms. The van der Waals surface area contributed by atoms with Crippen molar-refractivity contribution in [3.63, 3.8) is 0 Å². The number of alkyl carbamates (subject to hydrolysis) is 1. The number of benzene rings is 2. The number of carbonyl (C=O) groups is 2. The van der Waals surface area contributed by atoms with Gasteiger partial charge in [-0.25, -0.2) is 9.78 Å². The van der Waals surface area contributed by atoms with E-state index < -0.39 is 18.2 Å². The number of thiophene rings is 1. The maximum atomic E-state index is 13.5. The Morgan fingerprint density at radius 1 is 0.892 bits per heavy atom. The first-order valence-corrected chi connectivity index (χ1v) is 13.4. The number of nitrogens with one attached hydrogen (secondary N) is 3. The van der Waals surface area contributed by atoms with Crippen molar-refractivity contribution in [2.45, 2.75) is 24.9 Å². The van der Waals surface area contributed by atoms with Gasteiger partial charge in [-0.1, -0.05) is 48.5 Å². The number of hydrogen-bond donors (Lipinski definition) is 3. The molecular formula is C27H28N4O4S2. The second-order valence-electron chi connectivity index (χ2n) is 8.20. The highest BCUT2D eigenvalue weighted by Crippen LogP contribution is 2.31. The summed E-state index contributed by atoms with van der Waals surface area (Å²) in [6.45, 7) is 0. The van der Waals surface area contributed by atoms with Crippen molar-refractivity contribution in [3.8, 4) is 9.88 Å². The topological polar surface area (TPSA) is 102 Å². The van der Waals surface area contributed by atoms with Gasteiger partial charge in [-0.3, -0.25) is 15.1 Å². The van der Waals surface area contributed by atoms with Crippen LogP contribution in [-0.4, -0.2) is 37.2 Å². The van der Waals surface area contributed by atoms with Crippen molar-refractivity contribution in [2.24, 2.45) is 0 Å². The number of ether oxygens (including phenoxy) is 1. The van der Waals surface area contributed by atoms with Crippen molar-refractivity contribution in [1.82, 2.24) is 15.6 Å². The Balaban J connectivity index is 1.58. The quantitative estimate of drug-likeness (QED) is 0.228. The van der Waals surface area contributed by atoms with Crippen molar-refractivity contribution in [2.75, 3.05) is 19.7 Å². The molecule has 0 radical (unpaired) electrons. The molecule has 0 aliphatic carbocycles. The number of thiazole rings is 1. The van der Waals surface area contributed by atoms with Gasteiger partial charge in [-0.15, -0.1) is 22.7 Å². The van der Waals surface area contributed by atoms with E-state index in [9.17, 15) is 9.59 Å². The predicted octanol–water partition coefficient (Wildman–Crippen LogP) is 5.21. The number of amides is 2. The summed E-state index contributed by atoms with van der Waals surface area (Å²) in [7, 11) is 2.83. The van der Waals surface area contributed by atoms with Crippen LogP contribution < -0.4 is 16.1 Å². The lowest BCUT2D eigenvalue weighted by Gasteiger charge is -2.23. The van der Waals surface area contributed by atoms with Crippen LogP contribution in [0.5, 0.6) is 0 Å². The van der Waals surface area contributed by atoms with Crippen LogP contribution >= 0.6 is 22.7 Å². The van der Waals surface area contributed by atoms with E-state index in [0.717, 1.165) is 32.4 Å². The van der Waals surface area contributed by atoms with Crippen LogP contribution in [0.25, 0.3) is 9.88 Å². The molecule has 2 unspecified atom stereocenters. The standard InChI is InChI=1S/C27H28N4O4S2/c1-34-27(33)30-22(16-18-7-4-3-5-8-18)25(32)28-21(15-19-10-12-20(13-11-19)31-35-2)23-17-37-26(29-23)24-9-6-14-36-24/h3-14,17,21-22,31H,15-16H2,1-2H3,(H,28,32)(H,30,33). The van der Waals surface area contributed by atoms with Crippen LogP contribution in [-0.2, 0) is 27.2 Å². The van der Waals surface area contributed by atoms with Crippen molar-refractivity contribution in [1.29, 1.82) is 0 Å². The van der Waals surface area contributed by atoms with E-state index in [1.54, 1.807) is 18.4 Å². The summed E-state index contributed by atoms with van der Waals surface area (Å²) in [5, 5.41) is 10.7. The van der Waals surface area contributed by atoms with E-state index in [-0.39, 0.29) is 5.91 Å². The molecule has 0 fully saturated rings. The summed E-state index contributed by atoms with van der Waals surface area (Å²) in [6, 6.07) is 20.1. The van der Waals surface area contributed by atoms with Gasteiger partial charge >= 0.3 is 6.09 Å². The summed E-state index contributed by atoms with van der Waals surface area (Å²) in [5.41, 5.74) is 6.32. The molecule has 0 bridgehead atoms. The van der Waals surface area contributed by atoms with Gasteiger partial charge in [0, 0.05) is 11.8 Å². The Labute approximate surface area is 223 Å². The minimum absolute atomic E-state index is 0.317. The van der Waals surface area contributed by atoms with Crippen molar-refractivity contribution in [3.05, 3.63) is 94.3 Å². The van der Waals surface area contributed by atoms with Crippen LogP contribution in [0.3, 0.4) is 0 Å². The van der Waals surface area contributed by atoms with Gasteiger partial charge in [0.25, 0.3) is 0 Å². The van der Waals surface area contributed by atoms with Gasteiger partial charge in [0.2, 0.25) is 5.91 Å². The van der Waals surface area contributed by atoms with Crippen LogP contribution in [0.1, 0.15) is 22.9 Å². The van der Waals surface area contributed by atoms with Gasteiger partial charge in [-0.2, -0.15) is 0 Å². The fraction of sp³-hybridized carbons (Fsp3) is 0.222. The molecule has 2 aromatic carbocycles. The molecule has 4 rings (SSSR count). The maximum Gasteiger partial charge on any atom is 0.407 e. The highest BCUT2D eigenvalue weighted by molar-refractivity contribution is 7.20. The van der Waals surface area contributed by atoms with Crippen LogP contribution in [0.15, 0.2) is 77.5 Å². The third-order valence-corrected chi connectivity index (χ3v) is 7.52. The molecule has 2 atom stereocenters. The van der Waals surface area contributed by atoms with E-state index in [1.165, 1.54) is 18.4 Å². The second-order valence-corrected chi connectivity index (χ2v) is 10.0. The van der Waals surface area contributed by atoms with Crippen LogP contribution in [0.2, 0.25) is 0 Å². The highest BCUT2D eigenvalue weighted by Gasteiger charge is 2.26. The Morgan fingerprint density at radius 2 is 1.65 bits per heavy atom. The Hall–Kier alpha value is -3.73. The zero-order chi connectivity index (χ0) is 26.0. The SMILES string of the molecule is CONc1ccc(CC(NC(=O)C(Cc2ccccc2)NC(=O)OC)c2csc(-c3cccs3)n2)cc1. The van der Waals surface area contributed by atoms with E-state index in [2.05, 4.69) is 16.1 Å². The van der Waals surface area contributed by atoms with Gasteiger partial charge in [-0.05, 0) is 41.1 Å². The molecule has 4 aromatic rings. The predicted molar refractivity (Wildman–Crippen MR) is 147 cm³/mol. The van der Waals surface area contributed by atoms with Crippen LogP contribution in [0.4, 0.5) is 10.5 Å². The summed E-state index contributed by atoms with van der Waals surface area (Å²) in [5.74, 6) is -0.317. The third kappa shape index (κ3) is 7.39. The lowest BCUT2D eigenvalue weighted by molar-refractivity contribution is -0.123. The smallest absolute Gasteiger partial charge is 0.407 e. The summed E-state index contributed by atoms with van der Waals surface area (Å²) < 4.78 is 4.77. The molecule has 3 N–H and O–H groups in total. The lowest BCUT2D eigenvalue weighted by atomic mass is 10.0. The molecular weight excluding hydrogens is 508 g/mol. The first-order chi connectivity index (χ1) is 18.1. The molecule has 0 aliphatic rings. The summed E-state index contributed by atoms with van der Waals surface area (Å²) in [6.07, 6.45) is 0.175. The zero-order valence-corrected chi connectivity index (χ0v) is 22.1.